The van der Waals surface area contributed by atoms with Crippen molar-refractivity contribution >= 4 is 51.6 Å². The van der Waals surface area contributed by atoms with Gasteiger partial charge in [0.15, 0.2) is 5.82 Å². The van der Waals surface area contributed by atoms with Crippen LogP contribution in [0.15, 0.2) is 36.7 Å². The van der Waals surface area contributed by atoms with Gasteiger partial charge in [-0.05, 0) is 37.4 Å². The van der Waals surface area contributed by atoms with Crippen molar-refractivity contribution in [1.29, 1.82) is 0 Å². The molecule has 0 atom stereocenters. The van der Waals surface area contributed by atoms with Crippen LogP contribution in [0.3, 0.4) is 0 Å². The SMILES string of the molecule is CNC1CN(c2ccc3ncnc(Nc4ccc(Cl)c(Cl)c4)c3n2)C1. The Kier molecular flexibility index (Phi) is 4.33. The lowest BCUT2D eigenvalue weighted by molar-refractivity contribution is 0.447. The van der Waals surface area contributed by atoms with Gasteiger partial charge in [-0.15, -0.1) is 0 Å². The minimum Gasteiger partial charge on any atom is -0.353 e. The van der Waals surface area contributed by atoms with Crippen LogP contribution in [0.4, 0.5) is 17.3 Å². The van der Waals surface area contributed by atoms with Gasteiger partial charge in [-0.25, -0.2) is 15.0 Å². The van der Waals surface area contributed by atoms with Crippen molar-refractivity contribution in [3.63, 3.8) is 0 Å². The van der Waals surface area contributed by atoms with Crippen LogP contribution < -0.4 is 15.5 Å². The summed E-state index contributed by atoms with van der Waals surface area (Å²) in [5, 5.41) is 7.51. The van der Waals surface area contributed by atoms with E-state index in [-0.39, 0.29) is 0 Å². The molecule has 1 saturated heterocycles. The van der Waals surface area contributed by atoms with E-state index in [9.17, 15) is 0 Å². The van der Waals surface area contributed by atoms with Gasteiger partial charge in [0.05, 0.1) is 15.6 Å². The van der Waals surface area contributed by atoms with Gasteiger partial charge in [-0.2, -0.15) is 0 Å². The molecule has 2 aromatic heterocycles. The van der Waals surface area contributed by atoms with Gasteiger partial charge in [0, 0.05) is 24.8 Å². The van der Waals surface area contributed by atoms with E-state index in [0.29, 0.717) is 21.9 Å². The van der Waals surface area contributed by atoms with Crippen molar-refractivity contribution in [3.8, 4) is 0 Å². The van der Waals surface area contributed by atoms with E-state index in [1.54, 1.807) is 12.1 Å². The number of nitrogens with zero attached hydrogens (tertiary/aromatic N) is 4. The number of fused-ring (bicyclic) bond motifs is 1. The molecule has 8 heteroatoms. The number of hydrogen-bond acceptors (Lipinski definition) is 6. The molecule has 128 valence electrons. The summed E-state index contributed by atoms with van der Waals surface area (Å²) in [6.45, 7) is 1.89. The number of likely N-dealkylation sites (N-methyl/N-ethyl adjacent to an activating group) is 1. The molecule has 2 N–H and O–H groups in total. The summed E-state index contributed by atoms with van der Waals surface area (Å²) in [5.74, 6) is 1.56. The maximum Gasteiger partial charge on any atom is 0.160 e. The van der Waals surface area contributed by atoms with Crippen LogP contribution in [0.25, 0.3) is 11.0 Å². The minimum atomic E-state index is 0.484. The van der Waals surface area contributed by atoms with Crippen molar-refractivity contribution in [2.24, 2.45) is 0 Å². The third-order valence-electron chi connectivity index (χ3n) is 4.26. The molecular formula is C17H16Cl2N6. The molecule has 6 nitrogen and oxygen atoms in total. The Morgan fingerprint density at radius 2 is 1.92 bits per heavy atom. The van der Waals surface area contributed by atoms with Crippen LogP contribution >= 0.6 is 23.2 Å². The average Bonchev–Trinajstić information content (AvgIpc) is 2.58. The van der Waals surface area contributed by atoms with E-state index in [1.165, 1.54) is 6.33 Å². The molecule has 25 heavy (non-hydrogen) atoms. The van der Waals surface area contributed by atoms with Crippen LogP contribution in [0, 0.1) is 0 Å². The molecule has 0 saturated carbocycles. The van der Waals surface area contributed by atoms with Gasteiger partial charge in [-0.1, -0.05) is 23.2 Å². The maximum atomic E-state index is 6.09. The highest BCUT2D eigenvalue weighted by atomic mass is 35.5. The van der Waals surface area contributed by atoms with E-state index in [2.05, 4.69) is 25.5 Å². The van der Waals surface area contributed by atoms with Crippen LogP contribution in [-0.2, 0) is 0 Å². The Morgan fingerprint density at radius 3 is 2.68 bits per heavy atom. The van der Waals surface area contributed by atoms with Gasteiger partial charge < -0.3 is 15.5 Å². The Morgan fingerprint density at radius 1 is 1.08 bits per heavy atom. The number of aromatic nitrogens is 3. The van der Waals surface area contributed by atoms with Crippen LogP contribution in [0.2, 0.25) is 10.0 Å². The maximum absolute atomic E-state index is 6.09. The fourth-order valence-electron chi connectivity index (χ4n) is 2.76. The summed E-state index contributed by atoms with van der Waals surface area (Å²) in [6.07, 6.45) is 1.52. The predicted molar refractivity (Wildman–Crippen MR) is 102 cm³/mol. The van der Waals surface area contributed by atoms with E-state index in [4.69, 9.17) is 28.2 Å². The smallest absolute Gasteiger partial charge is 0.160 e. The first-order valence-electron chi connectivity index (χ1n) is 7.90. The van der Waals surface area contributed by atoms with Gasteiger partial charge in [0.1, 0.15) is 17.7 Å². The Bertz CT molecular complexity index is 926. The van der Waals surface area contributed by atoms with E-state index < -0.39 is 0 Å². The summed E-state index contributed by atoms with van der Waals surface area (Å²) in [5.41, 5.74) is 2.30. The molecular weight excluding hydrogens is 359 g/mol. The molecule has 3 aromatic rings. The summed E-state index contributed by atoms with van der Waals surface area (Å²) >= 11 is 12.1. The van der Waals surface area contributed by atoms with E-state index in [1.807, 2.05) is 25.2 Å². The normalized spacial score (nSPS) is 14.6. The Labute approximate surface area is 155 Å². The van der Waals surface area contributed by atoms with Crippen molar-refractivity contribution in [2.45, 2.75) is 6.04 Å². The highest BCUT2D eigenvalue weighted by Crippen LogP contribution is 2.29. The molecule has 4 rings (SSSR count). The number of benzene rings is 1. The van der Waals surface area contributed by atoms with E-state index in [0.717, 1.165) is 35.6 Å². The molecule has 0 unspecified atom stereocenters. The van der Waals surface area contributed by atoms with Gasteiger partial charge >= 0.3 is 0 Å². The standard InChI is InChI=1S/C17H16Cl2N6/c1-20-11-7-25(8-11)15-5-4-14-16(24-15)17(22-9-21-14)23-10-2-3-12(18)13(19)6-10/h2-6,9,11,20H,7-8H2,1H3,(H,21,22,23). The fraction of sp³-hybridized carbons (Fsp3) is 0.235. The Balaban J connectivity index is 1.67. The summed E-state index contributed by atoms with van der Waals surface area (Å²) in [7, 11) is 1.98. The third-order valence-corrected chi connectivity index (χ3v) is 5.00. The lowest BCUT2D eigenvalue weighted by atomic mass is 10.1. The monoisotopic (exact) mass is 374 g/mol. The molecule has 0 amide bonds. The number of nitrogens with one attached hydrogen (secondary N) is 2. The lowest BCUT2D eigenvalue weighted by Gasteiger charge is -2.40. The zero-order chi connectivity index (χ0) is 17.4. The topological polar surface area (TPSA) is 66.0 Å². The predicted octanol–water partition coefficient (Wildman–Crippen LogP) is 3.48. The molecule has 1 aliphatic heterocycles. The van der Waals surface area contributed by atoms with Gasteiger partial charge in [0.2, 0.25) is 0 Å². The summed E-state index contributed by atoms with van der Waals surface area (Å²) in [4.78, 5) is 15.6. The van der Waals surface area contributed by atoms with Crippen molar-refractivity contribution in [2.75, 3.05) is 30.4 Å². The second-order valence-electron chi connectivity index (χ2n) is 5.90. The average molecular weight is 375 g/mol. The third kappa shape index (κ3) is 3.20. The highest BCUT2D eigenvalue weighted by Gasteiger charge is 2.26. The highest BCUT2D eigenvalue weighted by molar-refractivity contribution is 6.42. The zero-order valence-electron chi connectivity index (χ0n) is 13.5. The van der Waals surface area contributed by atoms with Crippen LogP contribution in [-0.4, -0.2) is 41.1 Å². The van der Waals surface area contributed by atoms with Gasteiger partial charge in [-0.3, -0.25) is 0 Å². The van der Waals surface area contributed by atoms with Crippen molar-refractivity contribution < 1.29 is 0 Å². The molecule has 0 spiro atoms. The number of hydrogen-bond donors (Lipinski definition) is 2. The molecule has 1 fully saturated rings. The van der Waals surface area contributed by atoms with Gasteiger partial charge in [0.25, 0.3) is 0 Å². The fourth-order valence-corrected chi connectivity index (χ4v) is 3.05. The molecule has 1 aliphatic rings. The summed E-state index contributed by atoms with van der Waals surface area (Å²) < 4.78 is 0. The Hall–Kier alpha value is -2.15. The molecule has 1 aromatic carbocycles. The molecule has 0 aliphatic carbocycles. The number of halogens is 2. The summed E-state index contributed by atoms with van der Waals surface area (Å²) in [6, 6.07) is 9.81. The largest absolute Gasteiger partial charge is 0.353 e. The number of rotatable bonds is 4. The number of anilines is 3. The zero-order valence-corrected chi connectivity index (χ0v) is 15.0. The lowest BCUT2D eigenvalue weighted by Crippen LogP contribution is -2.57. The molecule has 3 heterocycles. The van der Waals surface area contributed by atoms with Crippen molar-refractivity contribution in [1.82, 2.24) is 20.3 Å². The van der Waals surface area contributed by atoms with Crippen molar-refractivity contribution in [3.05, 3.63) is 46.7 Å². The second kappa shape index (κ2) is 6.63. The quantitative estimate of drug-likeness (QED) is 0.728. The first kappa shape index (κ1) is 16.3. The van der Waals surface area contributed by atoms with Crippen LogP contribution in [0.5, 0.6) is 0 Å². The number of pyridine rings is 1. The molecule has 0 bridgehead atoms. The first-order chi connectivity index (χ1) is 12.1. The first-order valence-corrected chi connectivity index (χ1v) is 8.65. The minimum absolute atomic E-state index is 0.484. The van der Waals surface area contributed by atoms with Crippen LogP contribution in [0.1, 0.15) is 0 Å². The van der Waals surface area contributed by atoms with E-state index >= 15 is 0 Å². The second-order valence-corrected chi connectivity index (χ2v) is 6.72. The molecule has 0 radical (unpaired) electrons.